The van der Waals surface area contributed by atoms with E-state index in [4.69, 9.17) is 0 Å². The van der Waals surface area contributed by atoms with E-state index in [1.807, 2.05) is 30.3 Å². The number of hydroxylamine groups is 2. The van der Waals surface area contributed by atoms with E-state index in [1.165, 1.54) is 0 Å². The van der Waals surface area contributed by atoms with E-state index in [0.717, 1.165) is 5.56 Å². The van der Waals surface area contributed by atoms with Crippen molar-refractivity contribution in [3.05, 3.63) is 41.6 Å². The molecule has 1 aromatic carbocycles. The summed E-state index contributed by atoms with van der Waals surface area (Å²) in [6, 6.07) is 9.05. The number of nitrogens with one attached hydrogen (secondary N) is 1. The van der Waals surface area contributed by atoms with Gasteiger partial charge in [0.1, 0.15) is 0 Å². The van der Waals surface area contributed by atoms with Crippen LogP contribution in [0, 0.1) is 0 Å². The molecule has 1 aliphatic heterocycles. The lowest BCUT2D eigenvalue weighted by molar-refractivity contribution is 0.00407. The van der Waals surface area contributed by atoms with Gasteiger partial charge in [0, 0.05) is 0 Å². The minimum atomic E-state index is -0.479. The largest absolute Gasteiger partial charge is 0.346 e. The monoisotopic (exact) mass is 190 g/mol. The molecule has 1 saturated heterocycles. The molecule has 2 N–H and O–H groups in total. The molecule has 72 valence electrons. The molecular formula is C10H10N2O2. The third kappa shape index (κ3) is 1.60. The molecule has 0 aromatic heterocycles. The smallest absolute Gasteiger partial charge is 0.330 e. The lowest BCUT2D eigenvalue weighted by Crippen LogP contribution is -2.23. The highest BCUT2D eigenvalue weighted by Gasteiger charge is 2.22. The summed E-state index contributed by atoms with van der Waals surface area (Å²) in [5.74, 6) is 0. The minimum absolute atomic E-state index is 0.365. The number of nitrogens with zero attached hydrogens (tertiary/aromatic N) is 1. The Kier molecular flexibility index (Phi) is 2.20. The minimum Gasteiger partial charge on any atom is -0.330 e. The summed E-state index contributed by atoms with van der Waals surface area (Å²) in [6.07, 6.45) is 1.76. The maximum Gasteiger partial charge on any atom is 0.346 e. The molecular weight excluding hydrogens is 180 g/mol. The van der Waals surface area contributed by atoms with Gasteiger partial charge in [-0.05, 0) is 11.6 Å². The zero-order valence-corrected chi connectivity index (χ0v) is 7.47. The molecule has 4 heteroatoms. The number of urea groups is 1. The van der Waals surface area contributed by atoms with Gasteiger partial charge in [0.15, 0.2) is 0 Å². The van der Waals surface area contributed by atoms with Crippen LogP contribution in [0.1, 0.15) is 5.56 Å². The fraction of sp³-hybridized carbons (Fsp3) is 0.100. The van der Waals surface area contributed by atoms with Gasteiger partial charge < -0.3 is 5.32 Å². The van der Waals surface area contributed by atoms with Crippen molar-refractivity contribution in [2.75, 3.05) is 6.54 Å². The highest BCUT2D eigenvalue weighted by molar-refractivity contribution is 5.80. The van der Waals surface area contributed by atoms with E-state index < -0.39 is 6.03 Å². The Labute approximate surface area is 81.4 Å². The van der Waals surface area contributed by atoms with Crippen LogP contribution in [0.4, 0.5) is 4.79 Å². The molecule has 1 aliphatic rings. The van der Waals surface area contributed by atoms with Gasteiger partial charge in [-0.1, -0.05) is 30.3 Å². The van der Waals surface area contributed by atoms with Crippen LogP contribution in [0.5, 0.6) is 0 Å². The summed E-state index contributed by atoms with van der Waals surface area (Å²) in [5, 5.41) is 12.4. The van der Waals surface area contributed by atoms with Gasteiger partial charge in [0.05, 0.1) is 12.2 Å². The van der Waals surface area contributed by atoms with E-state index in [1.54, 1.807) is 6.08 Å². The summed E-state index contributed by atoms with van der Waals surface area (Å²) in [7, 11) is 0. The molecule has 1 fully saturated rings. The van der Waals surface area contributed by atoms with Crippen LogP contribution < -0.4 is 5.32 Å². The van der Waals surface area contributed by atoms with Crippen molar-refractivity contribution in [2.45, 2.75) is 0 Å². The standard InChI is InChI=1S/C10H10N2O2/c13-10-11-7-9(12(10)14)6-8-4-2-1-3-5-8/h1-6,14H,7H2,(H,11,13). The first-order valence-corrected chi connectivity index (χ1v) is 4.30. The lowest BCUT2D eigenvalue weighted by atomic mass is 10.2. The van der Waals surface area contributed by atoms with Gasteiger partial charge in [-0.25, -0.2) is 4.79 Å². The topological polar surface area (TPSA) is 52.6 Å². The maximum absolute atomic E-state index is 10.9. The second kappa shape index (κ2) is 3.51. The van der Waals surface area contributed by atoms with E-state index in [-0.39, 0.29) is 0 Å². The average Bonchev–Trinajstić information content (AvgIpc) is 2.52. The van der Waals surface area contributed by atoms with Gasteiger partial charge >= 0.3 is 6.03 Å². The van der Waals surface area contributed by atoms with Gasteiger partial charge in [-0.3, -0.25) is 5.21 Å². The van der Waals surface area contributed by atoms with Crippen LogP contribution in [0.2, 0.25) is 0 Å². The molecule has 2 amide bonds. The molecule has 0 aliphatic carbocycles. The van der Waals surface area contributed by atoms with E-state index in [9.17, 15) is 10.0 Å². The fourth-order valence-electron chi connectivity index (χ4n) is 1.30. The van der Waals surface area contributed by atoms with Gasteiger partial charge in [0.25, 0.3) is 0 Å². The van der Waals surface area contributed by atoms with Crippen molar-refractivity contribution < 1.29 is 10.0 Å². The quantitative estimate of drug-likeness (QED) is 0.658. The predicted molar refractivity (Wildman–Crippen MR) is 51.4 cm³/mol. The summed E-state index contributed by atoms with van der Waals surface area (Å²) < 4.78 is 0. The molecule has 2 rings (SSSR count). The molecule has 1 heterocycles. The Bertz CT molecular complexity index is 373. The molecule has 0 bridgehead atoms. The first-order valence-electron chi connectivity index (χ1n) is 4.30. The van der Waals surface area contributed by atoms with Crippen molar-refractivity contribution in [1.82, 2.24) is 10.4 Å². The Hall–Kier alpha value is -1.81. The van der Waals surface area contributed by atoms with Crippen LogP contribution in [0.15, 0.2) is 36.0 Å². The SMILES string of the molecule is O=C1NCC(=Cc2ccccc2)N1O. The maximum atomic E-state index is 10.9. The number of amides is 2. The van der Waals surface area contributed by atoms with Crippen LogP contribution in [-0.4, -0.2) is 22.8 Å². The average molecular weight is 190 g/mol. The number of benzene rings is 1. The van der Waals surface area contributed by atoms with E-state index >= 15 is 0 Å². The van der Waals surface area contributed by atoms with Gasteiger partial charge in [-0.2, -0.15) is 5.06 Å². The molecule has 0 radical (unpaired) electrons. The van der Waals surface area contributed by atoms with Crippen molar-refractivity contribution in [2.24, 2.45) is 0 Å². The van der Waals surface area contributed by atoms with Crippen LogP contribution >= 0.6 is 0 Å². The zero-order valence-electron chi connectivity index (χ0n) is 7.47. The van der Waals surface area contributed by atoms with Crippen molar-refractivity contribution >= 4 is 12.1 Å². The third-order valence-electron chi connectivity index (χ3n) is 2.02. The second-order valence-electron chi connectivity index (χ2n) is 3.02. The number of hydrogen-bond acceptors (Lipinski definition) is 2. The third-order valence-corrected chi connectivity index (χ3v) is 2.02. The summed E-state index contributed by atoms with van der Waals surface area (Å²) in [4.78, 5) is 10.9. The van der Waals surface area contributed by atoms with E-state index in [0.29, 0.717) is 17.3 Å². The molecule has 14 heavy (non-hydrogen) atoms. The Balaban J connectivity index is 2.24. The molecule has 1 aromatic rings. The highest BCUT2D eigenvalue weighted by atomic mass is 16.5. The van der Waals surface area contributed by atoms with Gasteiger partial charge in [-0.15, -0.1) is 0 Å². The van der Waals surface area contributed by atoms with Crippen LogP contribution in [-0.2, 0) is 0 Å². The number of carbonyl (C=O) groups is 1. The number of hydrogen-bond donors (Lipinski definition) is 2. The predicted octanol–water partition coefficient (Wildman–Crippen LogP) is 1.44. The van der Waals surface area contributed by atoms with Crippen LogP contribution in [0.3, 0.4) is 0 Å². The Morgan fingerprint density at radius 2 is 2.07 bits per heavy atom. The van der Waals surface area contributed by atoms with E-state index in [2.05, 4.69) is 5.32 Å². The Morgan fingerprint density at radius 1 is 1.36 bits per heavy atom. The zero-order chi connectivity index (χ0) is 9.97. The Morgan fingerprint density at radius 3 is 2.64 bits per heavy atom. The fourth-order valence-corrected chi connectivity index (χ4v) is 1.30. The number of rotatable bonds is 1. The van der Waals surface area contributed by atoms with Crippen molar-refractivity contribution in [3.63, 3.8) is 0 Å². The molecule has 0 spiro atoms. The molecule has 0 atom stereocenters. The first-order chi connectivity index (χ1) is 6.77. The van der Waals surface area contributed by atoms with Crippen molar-refractivity contribution in [3.8, 4) is 0 Å². The first kappa shape index (κ1) is 8.77. The number of carbonyl (C=O) groups excluding carboxylic acids is 1. The summed E-state index contributed by atoms with van der Waals surface area (Å²) in [6.45, 7) is 0.365. The van der Waals surface area contributed by atoms with Gasteiger partial charge in [0.2, 0.25) is 0 Å². The highest BCUT2D eigenvalue weighted by Crippen LogP contribution is 2.12. The normalized spacial score (nSPS) is 18.8. The molecule has 0 saturated carbocycles. The summed E-state index contributed by atoms with van der Waals surface area (Å²) in [5.41, 5.74) is 1.51. The molecule has 0 unspecified atom stereocenters. The lowest BCUT2D eigenvalue weighted by Gasteiger charge is -2.05. The second-order valence-corrected chi connectivity index (χ2v) is 3.02. The van der Waals surface area contributed by atoms with Crippen molar-refractivity contribution in [1.29, 1.82) is 0 Å². The molecule has 4 nitrogen and oxygen atoms in total. The summed E-state index contributed by atoms with van der Waals surface area (Å²) >= 11 is 0. The van der Waals surface area contributed by atoms with Crippen LogP contribution in [0.25, 0.3) is 6.08 Å².